The molecule has 0 aliphatic carbocycles. The number of fused-ring (bicyclic) bond motifs is 1. The highest BCUT2D eigenvalue weighted by molar-refractivity contribution is 7.13. The molecule has 4 nitrogen and oxygen atoms in total. The summed E-state index contributed by atoms with van der Waals surface area (Å²) in [4.78, 5) is 13.4. The topological polar surface area (TPSA) is 64.7 Å². The number of nitrogen functional groups attached to an aromatic ring is 1. The van der Waals surface area contributed by atoms with Crippen LogP contribution in [0.25, 0.3) is 21.5 Å². The Hall–Kier alpha value is -1.72. The van der Waals surface area contributed by atoms with Crippen LogP contribution in [0.2, 0.25) is 5.15 Å². The standard InChI is InChI=1S/C11H7ClN4S/c12-8-4-6(7-2-1-3-17-7)9-10(16-8)11(13)15-5-14-9/h1-5H,(H2,13,14,15). The molecule has 0 aliphatic rings. The Kier molecular flexibility index (Phi) is 2.42. The van der Waals surface area contributed by atoms with Crippen molar-refractivity contribution in [3.05, 3.63) is 35.1 Å². The van der Waals surface area contributed by atoms with Crippen LogP contribution in [0.4, 0.5) is 5.82 Å². The third-order valence-electron chi connectivity index (χ3n) is 2.37. The number of hydrogen-bond donors (Lipinski definition) is 1. The van der Waals surface area contributed by atoms with E-state index in [2.05, 4.69) is 15.0 Å². The second-order valence-electron chi connectivity index (χ2n) is 3.43. The molecule has 0 unspecified atom stereocenters. The number of aromatic nitrogens is 3. The van der Waals surface area contributed by atoms with Crippen molar-refractivity contribution in [1.29, 1.82) is 0 Å². The number of nitrogens with two attached hydrogens (primary N) is 1. The number of hydrogen-bond acceptors (Lipinski definition) is 5. The summed E-state index contributed by atoms with van der Waals surface area (Å²) >= 11 is 7.61. The number of thiophene rings is 1. The van der Waals surface area contributed by atoms with Crippen molar-refractivity contribution in [2.45, 2.75) is 0 Å². The Morgan fingerprint density at radius 2 is 2.12 bits per heavy atom. The van der Waals surface area contributed by atoms with Crippen molar-refractivity contribution in [1.82, 2.24) is 15.0 Å². The molecule has 0 atom stereocenters. The fourth-order valence-electron chi connectivity index (χ4n) is 1.65. The van der Waals surface area contributed by atoms with E-state index in [-0.39, 0.29) is 0 Å². The quantitative estimate of drug-likeness (QED) is 0.685. The van der Waals surface area contributed by atoms with Crippen molar-refractivity contribution >= 4 is 39.8 Å². The smallest absolute Gasteiger partial charge is 0.153 e. The lowest BCUT2D eigenvalue weighted by atomic mass is 10.2. The van der Waals surface area contributed by atoms with Gasteiger partial charge in [-0.25, -0.2) is 15.0 Å². The molecule has 84 valence electrons. The third kappa shape index (κ3) is 1.73. The van der Waals surface area contributed by atoms with Gasteiger partial charge in [0.15, 0.2) is 5.82 Å². The van der Waals surface area contributed by atoms with Gasteiger partial charge >= 0.3 is 0 Å². The molecule has 0 fully saturated rings. The van der Waals surface area contributed by atoms with Crippen molar-refractivity contribution < 1.29 is 0 Å². The van der Waals surface area contributed by atoms with Gasteiger partial charge in [0, 0.05) is 10.4 Å². The summed E-state index contributed by atoms with van der Waals surface area (Å²) in [6.07, 6.45) is 1.43. The molecule has 0 amide bonds. The van der Waals surface area contributed by atoms with Crippen LogP contribution < -0.4 is 5.73 Å². The summed E-state index contributed by atoms with van der Waals surface area (Å²) in [5.74, 6) is 0.343. The van der Waals surface area contributed by atoms with Crippen LogP contribution >= 0.6 is 22.9 Å². The van der Waals surface area contributed by atoms with E-state index < -0.39 is 0 Å². The highest BCUT2D eigenvalue weighted by Crippen LogP contribution is 2.32. The second kappa shape index (κ2) is 3.94. The molecule has 0 aromatic carbocycles. The molecule has 3 rings (SSSR count). The first-order chi connectivity index (χ1) is 8.25. The Labute approximate surface area is 106 Å². The van der Waals surface area contributed by atoms with Crippen LogP contribution in [-0.2, 0) is 0 Å². The first-order valence-corrected chi connectivity index (χ1v) is 6.12. The van der Waals surface area contributed by atoms with Crippen LogP contribution in [-0.4, -0.2) is 15.0 Å². The summed E-state index contributed by atoms with van der Waals surface area (Å²) in [7, 11) is 0. The van der Waals surface area contributed by atoms with Crippen LogP contribution in [0, 0.1) is 0 Å². The van der Waals surface area contributed by atoms with E-state index >= 15 is 0 Å². The average molecular weight is 263 g/mol. The number of pyridine rings is 1. The van der Waals surface area contributed by atoms with E-state index in [4.69, 9.17) is 17.3 Å². The molecule has 3 aromatic heterocycles. The van der Waals surface area contributed by atoms with E-state index in [9.17, 15) is 0 Å². The molecule has 0 radical (unpaired) electrons. The fourth-order valence-corrected chi connectivity index (χ4v) is 2.58. The van der Waals surface area contributed by atoms with E-state index in [1.54, 1.807) is 17.4 Å². The first-order valence-electron chi connectivity index (χ1n) is 4.86. The molecule has 0 spiro atoms. The highest BCUT2D eigenvalue weighted by atomic mass is 35.5. The first kappa shape index (κ1) is 10.4. The Balaban J connectivity index is 2.42. The van der Waals surface area contributed by atoms with E-state index in [1.165, 1.54) is 6.33 Å². The van der Waals surface area contributed by atoms with Crippen LogP contribution in [0.15, 0.2) is 29.9 Å². The van der Waals surface area contributed by atoms with Gasteiger partial charge in [0.25, 0.3) is 0 Å². The lowest BCUT2D eigenvalue weighted by Gasteiger charge is -2.05. The summed E-state index contributed by atoms with van der Waals surface area (Å²) in [6, 6.07) is 5.78. The zero-order valence-electron chi connectivity index (χ0n) is 8.59. The van der Waals surface area contributed by atoms with Gasteiger partial charge in [-0.05, 0) is 17.5 Å². The molecule has 3 aromatic rings. The van der Waals surface area contributed by atoms with E-state index in [0.29, 0.717) is 16.5 Å². The monoisotopic (exact) mass is 262 g/mol. The molecule has 2 N–H and O–H groups in total. The summed E-state index contributed by atoms with van der Waals surface area (Å²) in [6.45, 7) is 0. The van der Waals surface area contributed by atoms with E-state index in [1.807, 2.05) is 17.5 Å². The number of anilines is 1. The molecular formula is C11H7ClN4S. The van der Waals surface area contributed by atoms with Crippen LogP contribution in [0.3, 0.4) is 0 Å². The van der Waals surface area contributed by atoms with Gasteiger partial charge in [-0.1, -0.05) is 17.7 Å². The number of rotatable bonds is 1. The predicted octanol–water partition coefficient (Wildman–Crippen LogP) is 2.99. The van der Waals surface area contributed by atoms with Crippen molar-refractivity contribution in [2.75, 3.05) is 5.73 Å². The molecule has 3 heterocycles. The van der Waals surface area contributed by atoms with Gasteiger partial charge in [-0.2, -0.15) is 0 Å². The van der Waals surface area contributed by atoms with Gasteiger partial charge in [0.1, 0.15) is 22.5 Å². The Morgan fingerprint density at radius 1 is 1.24 bits per heavy atom. The number of nitrogens with zero attached hydrogens (tertiary/aromatic N) is 3. The molecule has 6 heteroatoms. The zero-order valence-corrected chi connectivity index (χ0v) is 10.2. The lowest BCUT2D eigenvalue weighted by molar-refractivity contribution is 1.21. The van der Waals surface area contributed by atoms with Crippen LogP contribution in [0.5, 0.6) is 0 Å². The van der Waals surface area contributed by atoms with E-state index in [0.717, 1.165) is 16.0 Å². The zero-order chi connectivity index (χ0) is 11.8. The SMILES string of the molecule is Nc1ncnc2c(-c3cccs3)cc(Cl)nc12. The Morgan fingerprint density at radius 3 is 2.88 bits per heavy atom. The Bertz CT molecular complexity index is 681. The minimum atomic E-state index is 0.343. The molecule has 0 saturated carbocycles. The molecule has 0 saturated heterocycles. The highest BCUT2D eigenvalue weighted by Gasteiger charge is 2.11. The normalized spacial score (nSPS) is 10.9. The molecule has 0 aliphatic heterocycles. The maximum atomic E-state index is 6.00. The summed E-state index contributed by atoms with van der Waals surface area (Å²) in [5, 5.41) is 2.39. The van der Waals surface area contributed by atoms with Gasteiger partial charge < -0.3 is 5.73 Å². The largest absolute Gasteiger partial charge is 0.382 e. The second-order valence-corrected chi connectivity index (χ2v) is 4.76. The van der Waals surface area contributed by atoms with Gasteiger partial charge in [0.2, 0.25) is 0 Å². The maximum Gasteiger partial charge on any atom is 0.153 e. The minimum absolute atomic E-state index is 0.343. The molecular weight excluding hydrogens is 256 g/mol. The van der Waals surface area contributed by atoms with Crippen molar-refractivity contribution in [3.63, 3.8) is 0 Å². The average Bonchev–Trinajstić information content (AvgIpc) is 2.83. The summed E-state index contributed by atoms with van der Waals surface area (Å²) in [5.41, 5.74) is 7.98. The van der Waals surface area contributed by atoms with Crippen molar-refractivity contribution in [2.24, 2.45) is 0 Å². The summed E-state index contributed by atoms with van der Waals surface area (Å²) < 4.78 is 0. The van der Waals surface area contributed by atoms with Gasteiger partial charge in [0.05, 0.1) is 0 Å². The van der Waals surface area contributed by atoms with Gasteiger partial charge in [-0.15, -0.1) is 11.3 Å². The number of halogens is 1. The predicted molar refractivity (Wildman–Crippen MR) is 70.1 cm³/mol. The third-order valence-corrected chi connectivity index (χ3v) is 3.47. The fraction of sp³-hybridized carbons (Fsp3) is 0. The van der Waals surface area contributed by atoms with Crippen molar-refractivity contribution in [3.8, 4) is 10.4 Å². The minimum Gasteiger partial charge on any atom is -0.382 e. The van der Waals surface area contributed by atoms with Gasteiger partial charge in [-0.3, -0.25) is 0 Å². The molecule has 0 bridgehead atoms. The molecule has 17 heavy (non-hydrogen) atoms. The maximum absolute atomic E-state index is 6.00. The lowest BCUT2D eigenvalue weighted by Crippen LogP contribution is -1.96. The van der Waals surface area contributed by atoms with Crippen LogP contribution in [0.1, 0.15) is 0 Å².